The summed E-state index contributed by atoms with van der Waals surface area (Å²) in [6, 6.07) is 6.22. The first-order chi connectivity index (χ1) is 12.5. The van der Waals surface area contributed by atoms with E-state index < -0.39 is 5.82 Å². The molecule has 1 fully saturated rings. The molecule has 1 saturated heterocycles. The highest BCUT2D eigenvalue weighted by atomic mass is 32.1. The number of halogens is 1. The summed E-state index contributed by atoms with van der Waals surface area (Å²) in [6.45, 7) is 3.91. The van der Waals surface area contributed by atoms with Gasteiger partial charge < -0.3 is 4.90 Å². The number of fused-ring (bicyclic) bond motifs is 1. The number of rotatable bonds is 2. The minimum atomic E-state index is -0.437. The summed E-state index contributed by atoms with van der Waals surface area (Å²) >= 11 is 5.42. The average molecular weight is 371 g/mol. The second-order valence-corrected chi connectivity index (χ2v) is 7.02. The lowest BCUT2D eigenvalue weighted by Crippen LogP contribution is -2.35. The summed E-state index contributed by atoms with van der Waals surface area (Å²) in [7, 11) is 0. The summed E-state index contributed by atoms with van der Waals surface area (Å²) in [4.78, 5) is 26.3. The van der Waals surface area contributed by atoms with Crippen LogP contribution in [0, 0.1) is 16.4 Å². The van der Waals surface area contributed by atoms with Gasteiger partial charge in [0.2, 0.25) is 5.95 Å². The Balaban J connectivity index is 1.83. The molecule has 0 bridgehead atoms. The number of hydrogen-bond donors (Lipinski definition) is 1. The van der Waals surface area contributed by atoms with Crippen molar-refractivity contribution in [1.82, 2.24) is 19.5 Å². The maximum Gasteiger partial charge on any atom is 0.264 e. The fourth-order valence-corrected chi connectivity index (χ4v) is 3.54. The van der Waals surface area contributed by atoms with Gasteiger partial charge in [0, 0.05) is 13.1 Å². The molecule has 3 heterocycles. The summed E-state index contributed by atoms with van der Waals surface area (Å²) < 4.78 is 15.7. The first kappa shape index (κ1) is 16.8. The highest BCUT2D eigenvalue weighted by Gasteiger charge is 2.19. The van der Waals surface area contributed by atoms with E-state index in [-0.39, 0.29) is 26.9 Å². The van der Waals surface area contributed by atoms with E-state index in [9.17, 15) is 9.18 Å². The zero-order chi connectivity index (χ0) is 18.3. The molecule has 26 heavy (non-hydrogen) atoms. The van der Waals surface area contributed by atoms with Crippen molar-refractivity contribution in [2.45, 2.75) is 19.8 Å². The van der Waals surface area contributed by atoms with Crippen LogP contribution in [0.4, 0.5) is 10.3 Å². The van der Waals surface area contributed by atoms with Crippen LogP contribution in [0.15, 0.2) is 35.4 Å². The van der Waals surface area contributed by atoms with E-state index in [0.29, 0.717) is 11.9 Å². The van der Waals surface area contributed by atoms with Crippen molar-refractivity contribution in [3.8, 4) is 5.69 Å². The molecule has 1 aliphatic rings. The molecule has 0 amide bonds. The molecule has 6 nitrogen and oxygen atoms in total. The van der Waals surface area contributed by atoms with E-state index >= 15 is 0 Å². The van der Waals surface area contributed by atoms with E-state index in [1.54, 1.807) is 18.2 Å². The smallest absolute Gasteiger partial charge is 0.264 e. The third kappa shape index (κ3) is 2.90. The number of aromatic amines is 1. The maximum atomic E-state index is 14.1. The first-order valence-corrected chi connectivity index (χ1v) is 8.97. The van der Waals surface area contributed by atoms with Crippen molar-refractivity contribution in [2.75, 3.05) is 18.0 Å². The van der Waals surface area contributed by atoms with Gasteiger partial charge in [-0.3, -0.25) is 14.3 Å². The predicted molar refractivity (Wildman–Crippen MR) is 101 cm³/mol. The van der Waals surface area contributed by atoms with Crippen LogP contribution in [-0.2, 0) is 0 Å². The molecule has 134 valence electrons. The Morgan fingerprint density at radius 1 is 1.27 bits per heavy atom. The Morgan fingerprint density at radius 3 is 2.73 bits per heavy atom. The lowest BCUT2D eigenvalue weighted by molar-refractivity contribution is 0.434. The van der Waals surface area contributed by atoms with Crippen LogP contribution >= 0.6 is 12.2 Å². The van der Waals surface area contributed by atoms with Gasteiger partial charge in [0.25, 0.3) is 5.56 Å². The zero-order valence-electron chi connectivity index (χ0n) is 14.3. The monoisotopic (exact) mass is 371 g/mol. The van der Waals surface area contributed by atoms with Crippen molar-refractivity contribution in [3.05, 3.63) is 51.4 Å². The Hall–Kier alpha value is -2.61. The van der Waals surface area contributed by atoms with Gasteiger partial charge in [-0.15, -0.1) is 0 Å². The molecular weight excluding hydrogens is 353 g/mol. The number of H-pyrrole nitrogens is 1. The standard InChI is InChI=1S/C18H18FN5OS/c1-11-6-8-23(9-7-11)18-21-15-14(16(25)22-18)17(26)24(10-20-15)13-5-3-2-4-12(13)19/h2-5,10-11H,6-9H2,1H3,(H,21,22,25). The largest absolute Gasteiger partial charge is 0.342 e. The van der Waals surface area contributed by atoms with Crippen LogP contribution < -0.4 is 10.5 Å². The number of hydrogen-bond acceptors (Lipinski definition) is 5. The number of nitrogens with zero attached hydrogens (tertiary/aromatic N) is 4. The van der Waals surface area contributed by atoms with Crippen LogP contribution in [0.1, 0.15) is 19.8 Å². The number of anilines is 1. The molecule has 1 aliphatic heterocycles. The van der Waals surface area contributed by atoms with Crippen LogP contribution in [0.2, 0.25) is 0 Å². The molecule has 8 heteroatoms. The van der Waals surface area contributed by atoms with Gasteiger partial charge in [-0.2, -0.15) is 4.98 Å². The summed E-state index contributed by atoms with van der Waals surface area (Å²) in [5, 5.41) is 0.194. The van der Waals surface area contributed by atoms with Crippen molar-refractivity contribution in [1.29, 1.82) is 0 Å². The lowest BCUT2D eigenvalue weighted by atomic mass is 10.00. The predicted octanol–water partition coefficient (Wildman–Crippen LogP) is 3.21. The van der Waals surface area contributed by atoms with Crippen LogP contribution in [-0.4, -0.2) is 32.6 Å². The van der Waals surface area contributed by atoms with Crippen molar-refractivity contribution < 1.29 is 4.39 Å². The molecular formula is C18H18FN5OS. The van der Waals surface area contributed by atoms with E-state index in [0.717, 1.165) is 25.9 Å². The van der Waals surface area contributed by atoms with E-state index in [2.05, 4.69) is 26.8 Å². The lowest BCUT2D eigenvalue weighted by Gasteiger charge is -2.30. The van der Waals surface area contributed by atoms with Gasteiger partial charge in [0.05, 0.1) is 5.69 Å². The highest BCUT2D eigenvalue weighted by Crippen LogP contribution is 2.21. The van der Waals surface area contributed by atoms with Crippen molar-refractivity contribution in [2.24, 2.45) is 5.92 Å². The maximum absolute atomic E-state index is 14.1. The fourth-order valence-electron chi connectivity index (χ4n) is 3.21. The van der Waals surface area contributed by atoms with E-state index in [1.807, 2.05) is 0 Å². The van der Waals surface area contributed by atoms with Gasteiger partial charge in [-0.1, -0.05) is 31.3 Å². The SMILES string of the molecule is CC1CCN(c2nc3ncn(-c4ccccc4F)c(=S)c3c(=O)[nH]2)CC1. The number of aromatic nitrogens is 4. The van der Waals surface area contributed by atoms with Crippen LogP contribution in [0.25, 0.3) is 16.7 Å². The number of benzene rings is 1. The summed E-state index contributed by atoms with van der Waals surface area (Å²) in [5.74, 6) is 0.753. The molecule has 1 aromatic carbocycles. The molecule has 0 radical (unpaired) electrons. The van der Waals surface area contributed by atoms with Gasteiger partial charge >= 0.3 is 0 Å². The van der Waals surface area contributed by atoms with Crippen LogP contribution in [0.3, 0.4) is 0 Å². The molecule has 0 saturated carbocycles. The minimum Gasteiger partial charge on any atom is -0.342 e. The Labute approximate surface area is 154 Å². The van der Waals surface area contributed by atoms with Gasteiger partial charge in [0.15, 0.2) is 5.65 Å². The van der Waals surface area contributed by atoms with E-state index in [4.69, 9.17) is 12.2 Å². The normalized spacial score (nSPS) is 15.5. The van der Waals surface area contributed by atoms with Gasteiger partial charge in [-0.05, 0) is 30.9 Å². The fraction of sp³-hybridized carbons (Fsp3) is 0.333. The quantitative estimate of drug-likeness (QED) is 0.701. The number of nitrogens with one attached hydrogen (secondary N) is 1. The third-order valence-corrected chi connectivity index (χ3v) is 5.21. The second-order valence-electron chi connectivity index (χ2n) is 6.63. The molecule has 3 aromatic rings. The number of para-hydroxylation sites is 1. The Bertz CT molecular complexity index is 1080. The van der Waals surface area contributed by atoms with Gasteiger partial charge in [0.1, 0.15) is 22.2 Å². The molecule has 2 aromatic heterocycles. The summed E-state index contributed by atoms with van der Waals surface area (Å²) in [6.07, 6.45) is 3.53. The van der Waals surface area contributed by atoms with Gasteiger partial charge in [-0.25, -0.2) is 9.37 Å². The zero-order valence-corrected chi connectivity index (χ0v) is 15.1. The average Bonchev–Trinajstić information content (AvgIpc) is 2.63. The first-order valence-electron chi connectivity index (χ1n) is 8.56. The molecule has 0 unspecified atom stereocenters. The Morgan fingerprint density at radius 2 is 2.00 bits per heavy atom. The van der Waals surface area contributed by atoms with Crippen LogP contribution in [0.5, 0.6) is 0 Å². The van der Waals surface area contributed by atoms with E-state index in [1.165, 1.54) is 17.0 Å². The summed E-state index contributed by atoms with van der Waals surface area (Å²) in [5.41, 5.74) is 0.173. The van der Waals surface area contributed by atoms with Crippen molar-refractivity contribution >= 4 is 29.2 Å². The second kappa shape index (κ2) is 6.60. The molecule has 0 atom stereocenters. The molecule has 4 rings (SSSR count). The van der Waals surface area contributed by atoms with Crippen molar-refractivity contribution in [3.63, 3.8) is 0 Å². The molecule has 0 spiro atoms. The molecule has 1 N–H and O–H groups in total. The Kier molecular flexibility index (Phi) is 4.28. The molecule has 0 aliphatic carbocycles. The third-order valence-electron chi connectivity index (χ3n) is 4.81. The topological polar surface area (TPSA) is 66.8 Å². The number of piperidine rings is 1. The highest BCUT2D eigenvalue weighted by molar-refractivity contribution is 7.71. The minimum absolute atomic E-state index is 0.188.